The van der Waals surface area contributed by atoms with E-state index in [1.807, 2.05) is 31.2 Å². The molecule has 0 saturated heterocycles. The minimum Gasteiger partial charge on any atom is -0.310 e. The van der Waals surface area contributed by atoms with Gasteiger partial charge in [-0.05, 0) is 66.9 Å². The van der Waals surface area contributed by atoms with Gasteiger partial charge in [0.15, 0.2) is 0 Å². The van der Waals surface area contributed by atoms with Gasteiger partial charge in [-0.1, -0.05) is 40.5 Å². The molecule has 0 aromatic heterocycles. The number of halogens is 3. The Bertz CT molecular complexity index is 610. The lowest BCUT2D eigenvalue weighted by Crippen LogP contribution is -2.23. The molecule has 0 heterocycles. The molecular formula is C17H18BrClFN. The quantitative estimate of drug-likeness (QED) is 0.738. The molecule has 0 bridgehead atoms. The van der Waals surface area contributed by atoms with E-state index >= 15 is 0 Å². The number of likely N-dealkylation sites (N-methyl/N-ethyl adjacent to an activating group) is 1. The Kier molecular flexibility index (Phi) is 5.80. The van der Waals surface area contributed by atoms with Crippen LogP contribution in [0.5, 0.6) is 0 Å². The summed E-state index contributed by atoms with van der Waals surface area (Å²) in [5, 5.41) is 4.20. The van der Waals surface area contributed by atoms with Gasteiger partial charge in [-0.25, -0.2) is 4.39 Å². The minimum atomic E-state index is -0.220. The first-order valence-corrected chi connectivity index (χ1v) is 8.11. The Hall–Kier alpha value is -0.900. The third-order valence-corrected chi connectivity index (χ3v) is 4.11. The highest BCUT2D eigenvalue weighted by Crippen LogP contribution is 2.26. The summed E-state index contributed by atoms with van der Waals surface area (Å²) >= 11 is 9.37. The third kappa shape index (κ3) is 4.53. The molecule has 0 amide bonds. The molecule has 0 aliphatic rings. The van der Waals surface area contributed by atoms with Crippen LogP contribution in [-0.2, 0) is 6.42 Å². The molecule has 4 heteroatoms. The molecule has 2 aromatic carbocycles. The maximum absolute atomic E-state index is 13.5. The first-order chi connectivity index (χ1) is 9.99. The molecule has 1 nitrogen and oxygen atoms in total. The van der Waals surface area contributed by atoms with Crippen molar-refractivity contribution in [3.63, 3.8) is 0 Å². The van der Waals surface area contributed by atoms with Gasteiger partial charge >= 0.3 is 0 Å². The summed E-state index contributed by atoms with van der Waals surface area (Å²) in [5.41, 5.74) is 3.30. The highest BCUT2D eigenvalue weighted by Gasteiger charge is 2.14. The first kappa shape index (κ1) is 16.5. The Balaban J connectivity index is 2.30. The lowest BCUT2D eigenvalue weighted by molar-refractivity contribution is 0.544. The van der Waals surface area contributed by atoms with Crippen LogP contribution in [0.15, 0.2) is 40.9 Å². The van der Waals surface area contributed by atoms with Crippen LogP contribution in [0, 0.1) is 12.7 Å². The average Bonchev–Trinajstić information content (AvgIpc) is 2.37. The van der Waals surface area contributed by atoms with E-state index in [1.54, 1.807) is 6.07 Å². The number of rotatable bonds is 5. The Morgan fingerprint density at radius 2 is 2.00 bits per heavy atom. The second kappa shape index (κ2) is 7.39. The van der Waals surface area contributed by atoms with Crippen LogP contribution in [0.3, 0.4) is 0 Å². The van der Waals surface area contributed by atoms with Crippen LogP contribution < -0.4 is 5.32 Å². The van der Waals surface area contributed by atoms with E-state index in [1.165, 1.54) is 11.6 Å². The zero-order chi connectivity index (χ0) is 15.4. The van der Waals surface area contributed by atoms with Crippen LogP contribution in [0.25, 0.3) is 0 Å². The molecule has 0 spiro atoms. The lowest BCUT2D eigenvalue weighted by atomic mass is 9.95. The Morgan fingerprint density at radius 3 is 2.62 bits per heavy atom. The summed E-state index contributed by atoms with van der Waals surface area (Å²) in [4.78, 5) is 0. The molecule has 2 aromatic rings. The first-order valence-electron chi connectivity index (χ1n) is 6.94. The number of benzene rings is 2. The molecule has 21 heavy (non-hydrogen) atoms. The van der Waals surface area contributed by atoms with Crippen LogP contribution in [0.1, 0.15) is 29.7 Å². The summed E-state index contributed by atoms with van der Waals surface area (Å²) in [6, 6.07) is 11.1. The number of hydrogen-bond acceptors (Lipinski definition) is 1. The van der Waals surface area contributed by atoms with Crippen molar-refractivity contribution >= 4 is 27.5 Å². The van der Waals surface area contributed by atoms with E-state index in [2.05, 4.69) is 28.2 Å². The topological polar surface area (TPSA) is 12.0 Å². The largest absolute Gasteiger partial charge is 0.310 e. The average molecular weight is 371 g/mol. The fraction of sp³-hybridized carbons (Fsp3) is 0.294. The van der Waals surface area contributed by atoms with Gasteiger partial charge in [0.2, 0.25) is 0 Å². The van der Waals surface area contributed by atoms with E-state index in [9.17, 15) is 4.39 Å². The highest BCUT2D eigenvalue weighted by atomic mass is 79.9. The summed E-state index contributed by atoms with van der Waals surface area (Å²) in [6.07, 6.45) is 0.729. The molecule has 0 radical (unpaired) electrons. The van der Waals surface area contributed by atoms with E-state index in [0.29, 0.717) is 0 Å². The normalized spacial score (nSPS) is 12.4. The van der Waals surface area contributed by atoms with Crippen LogP contribution >= 0.6 is 27.5 Å². The fourth-order valence-corrected chi connectivity index (χ4v) is 3.27. The van der Waals surface area contributed by atoms with Crippen molar-refractivity contribution in [3.05, 3.63) is 68.4 Å². The molecule has 2 rings (SSSR count). The summed E-state index contributed by atoms with van der Waals surface area (Å²) in [6.45, 7) is 4.97. The molecule has 112 valence electrons. The summed E-state index contributed by atoms with van der Waals surface area (Å²) in [5.74, 6) is -0.220. The molecular weight excluding hydrogens is 353 g/mol. The number of aryl methyl sites for hydroxylation is 1. The van der Waals surface area contributed by atoms with Gasteiger partial charge < -0.3 is 5.32 Å². The van der Waals surface area contributed by atoms with Crippen molar-refractivity contribution in [3.8, 4) is 0 Å². The SMILES string of the molecule is CCNC(Cc1cc(F)cc(Br)c1)c1ccc(Cl)cc1C. The van der Waals surface area contributed by atoms with Crippen LogP contribution in [0.2, 0.25) is 5.02 Å². The molecule has 1 atom stereocenters. The van der Waals surface area contributed by atoms with Gasteiger partial charge in [0.1, 0.15) is 5.82 Å². The molecule has 0 aliphatic carbocycles. The fourth-order valence-electron chi connectivity index (χ4n) is 2.53. The lowest BCUT2D eigenvalue weighted by Gasteiger charge is -2.21. The maximum atomic E-state index is 13.5. The van der Waals surface area contributed by atoms with Crippen LogP contribution in [-0.4, -0.2) is 6.54 Å². The summed E-state index contributed by atoms with van der Waals surface area (Å²) < 4.78 is 14.3. The summed E-state index contributed by atoms with van der Waals surface area (Å²) in [7, 11) is 0. The monoisotopic (exact) mass is 369 g/mol. The molecule has 0 aliphatic heterocycles. The maximum Gasteiger partial charge on any atom is 0.124 e. The minimum absolute atomic E-state index is 0.140. The van der Waals surface area contributed by atoms with Gasteiger partial charge in [0, 0.05) is 15.5 Å². The number of nitrogens with one attached hydrogen (secondary N) is 1. The molecule has 1 N–H and O–H groups in total. The second-order valence-corrected chi connectivity index (χ2v) is 6.45. The molecule has 0 fully saturated rings. The molecule has 0 saturated carbocycles. The van der Waals surface area contributed by atoms with E-state index in [0.717, 1.165) is 33.6 Å². The predicted molar refractivity (Wildman–Crippen MR) is 90.4 cm³/mol. The van der Waals surface area contributed by atoms with Crippen molar-refractivity contribution in [2.45, 2.75) is 26.3 Å². The molecule has 1 unspecified atom stereocenters. The highest BCUT2D eigenvalue weighted by molar-refractivity contribution is 9.10. The van der Waals surface area contributed by atoms with Crippen molar-refractivity contribution < 1.29 is 4.39 Å². The van der Waals surface area contributed by atoms with Gasteiger partial charge in [-0.2, -0.15) is 0 Å². The van der Waals surface area contributed by atoms with E-state index < -0.39 is 0 Å². The zero-order valence-electron chi connectivity index (χ0n) is 12.1. The third-order valence-electron chi connectivity index (χ3n) is 3.42. The van der Waals surface area contributed by atoms with Gasteiger partial charge in [-0.15, -0.1) is 0 Å². The Labute approximate surface area is 138 Å². The predicted octanol–water partition coefficient (Wildman–Crippen LogP) is 5.44. The van der Waals surface area contributed by atoms with Crippen molar-refractivity contribution in [2.75, 3.05) is 6.54 Å². The van der Waals surface area contributed by atoms with E-state index in [-0.39, 0.29) is 11.9 Å². The zero-order valence-corrected chi connectivity index (χ0v) is 14.4. The van der Waals surface area contributed by atoms with E-state index in [4.69, 9.17) is 11.6 Å². The van der Waals surface area contributed by atoms with Gasteiger partial charge in [0.25, 0.3) is 0 Å². The smallest absolute Gasteiger partial charge is 0.124 e. The van der Waals surface area contributed by atoms with Crippen molar-refractivity contribution in [2.24, 2.45) is 0 Å². The van der Waals surface area contributed by atoms with Gasteiger partial charge in [-0.3, -0.25) is 0 Å². The van der Waals surface area contributed by atoms with Crippen molar-refractivity contribution in [1.82, 2.24) is 5.32 Å². The number of hydrogen-bond donors (Lipinski definition) is 1. The van der Waals surface area contributed by atoms with Crippen LogP contribution in [0.4, 0.5) is 4.39 Å². The van der Waals surface area contributed by atoms with Gasteiger partial charge in [0.05, 0.1) is 0 Å². The Morgan fingerprint density at radius 1 is 1.24 bits per heavy atom. The standard InChI is InChI=1S/C17H18BrClFN/c1-3-21-17(16-5-4-14(19)6-11(16)2)9-12-7-13(18)10-15(20)8-12/h4-8,10,17,21H,3,9H2,1-2H3. The second-order valence-electron chi connectivity index (χ2n) is 5.09. The van der Waals surface area contributed by atoms with Crippen molar-refractivity contribution in [1.29, 1.82) is 0 Å².